The molecule has 4 heteroatoms. The van der Waals surface area contributed by atoms with Crippen molar-refractivity contribution in [1.82, 2.24) is 14.9 Å². The van der Waals surface area contributed by atoms with Crippen LogP contribution in [-0.2, 0) is 0 Å². The minimum absolute atomic E-state index is 0.260. The smallest absolute Gasteiger partial charge is 0.129 e. The van der Waals surface area contributed by atoms with Crippen LogP contribution in [0.15, 0.2) is 12.3 Å². The summed E-state index contributed by atoms with van der Waals surface area (Å²) < 4.78 is 0. The molecule has 2 atom stereocenters. The Labute approximate surface area is 116 Å². The van der Waals surface area contributed by atoms with Crippen molar-refractivity contribution < 1.29 is 0 Å². The number of aromatic nitrogens is 2. The summed E-state index contributed by atoms with van der Waals surface area (Å²) in [5.74, 6) is 2.57. The van der Waals surface area contributed by atoms with E-state index in [1.54, 1.807) is 0 Å². The second-order valence-corrected chi connectivity index (χ2v) is 6.16. The average molecular weight is 262 g/mol. The lowest BCUT2D eigenvalue weighted by Crippen LogP contribution is -2.52. The lowest BCUT2D eigenvalue weighted by Gasteiger charge is -2.45. The Morgan fingerprint density at radius 1 is 1.47 bits per heavy atom. The molecule has 0 spiro atoms. The molecule has 1 saturated carbocycles. The molecule has 2 rings (SSSR count). The quantitative estimate of drug-likeness (QED) is 0.906. The molecule has 0 aromatic carbocycles. The molecule has 0 bridgehead atoms. The molecule has 2 unspecified atom stereocenters. The Bertz CT molecular complexity index is 418. The van der Waals surface area contributed by atoms with E-state index in [2.05, 4.69) is 41.2 Å². The van der Waals surface area contributed by atoms with Gasteiger partial charge in [-0.05, 0) is 45.8 Å². The summed E-state index contributed by atoms with van der Waals surface area (Å²) in [6.07, 6.45) is 7.03. The topological polar surface area (TPSA) is 41.1 Å². The van der Waals surface area contributed by atoms with Gasteiger partial charge in [0.15, 0.2) is 0 Å². The van der Waals surface area contributed by atoms with Gasteiger partial charge in [-0.3, -0.25) is 0 Å². The normalized spacial score (nSPS) is 27.5. The molecule has 1 fully saturated rings. The fourth-order valence-corrected chi connectivity index (χ4v) is 3.17. The molecule has 1 heterocycles. The molecule has 1 aromatic rings. The van der Waals surface area contributed by atoms with Gasteiger partial charge in [-0.1, -0.05) is 19.8 Å². The second kappa shape index (κ2) is 5.87. The minimum Gasteiger partial charge on any atom is -0.368 e. The maximum Gasteiger partial charge on any atom is 0.129 e. The Kier molecular flexibility index (Phi) is 4.40. The first-order chi connectivity index (χ1) is 9.02. The Balaban J connectivity index is 2.05. The summed E-state index contributed by atoms with van der Waals surface area (Å²) >= 11 is 0. The van der Waals surface area contributed by atoms with Crippen LogP contribution in [0.25, 0.3) is 0 Å². The average Bonchev–Trinajstić information content (AvgIpc) is 2.36. The molecule has 0 saturated heterocycles. The zero-order chi connectivity index (χ0) is 13.9. The first-order valence-corrected chi connectivity index (χ1v) is 7.23. The number of nitrogens with zero attached hydrogens (tertiary/aromatic N) is 3. The number of aryl methyl sites for hydroxylation is 1. The first kappa shape index (κ1) is 14.3. The third-order valence-electron chi connectivity index (χ3n) is 4.39. The number of likely N-dealkylation sites (N-methyl/N-ethyl adjacent to an activating group) is 1. The van der Waals surface area contributed by atoms with Crippen LogP contribution in [0.1, 0.15) is 38.4 Å². The lowest BCUT2D eigenvalue weighted by molar-refractivity contribution is 0.0881. The van der Waals surface area contributed by atoms with E-state index in [1.165, 1.54) is 25.7 Å². The van der Waals surface area contributed by atoms with Crippen molar-refractivity contribution in [2.45, 2.75) is 45.1 Å². The summed E-state index contributed by atoms with van der Waals surface area (Å²) in [4.78, 5) is 11.0. The third kappa shape index (κ3) is 3.44. The fraction of sp³-hybridized carbons (Fsp3) is 0.733. The van der Waals surface area contributed by atoms with E-state index in [4.69, 9.17) is 0 Å². The molecular weight excluding hydrogens is 236 g/mol. The molecular formula is C15H26N4. The van der Waals surface area contributed by atoms with E-state index in [9.17, 15) is 0 Å². The number of anilines is 1. The maximum absolute atomic E-state index is 4.43. The van der Waals surface area contributed by atoms with Crippen molar-refractivity contribution in [1.29, 1.82) is 0 Å². The summed E-state index contributed by atoms with van der Waals surface area (Å²) in [6.45, 7) is 5.25. The van der Waals surface area contributed by atoms with Gasteiger partial charge in [0.2, 0.25) is 0 Å². The monoisotopic (exact) mass is 262 g/mol. The van der Waals surface area contributed by atoms with Crippen LogP contribution in [0.3, 0.4) is 0 Å². The third-order valence-corrected chi connectivity index (χ3v) is 4.39. The van der Waals surface area contributed by atoms with E-state index in [0.29, 0.717) is 0 Å². The molecule has 1 aliphatic rings. The molecule has 19 heavy (non-hydrogen) atoms. The molecule has 0 amide bonds. The van der Waals surface area contributed by atoms with Crippen LogP contribution < -0.4 is 5.32 Å². The van der Waals surface area contributed by atoms with Gasteiger partial charge in [-0.25, -0.2) is 9.97 Å². The highest BCUT2D eigenvalue weighted by molar-refractivity contribution is 5.33. The first-order valence-electron chi connectivity index (χ1n) is 7.23. The van der Waals surface area contributed by atoms with Crippen molar-refractivity contribution in [3.05, 3.63) is 18.1 Å². The minimum atomic E-state index is 0.260. The van der Waals surface area contributed by atoms with E-state index in [1.807, 2.05) is 19.2 Å². The second-order valence-electron chi connectivity index (χ2n) is 6.16. The molecule has 0 radical (unpaired) electrons. The molecule has 0 aliphatic heterocycles. The van der Waals surface area contributed by atoms with Crippen LogP contribution in [0.4, 0.5) is 5.82 Å². The summed E-state index contributed by atoms with van der Waals surface area (Å²) in [6, 6.07) is 1.95. The molecule has 106 valence electrons. The van der Waals surface area contributed by atoms with Gasteiger partial charge in [0.25, 0.3) is 0 Å². The van der Waals surface area contributed by atoms with Gasteiger partial charge in [-0.2, -0.15) is 0 Å². The molecule has 1 aliphatic carbocycles. The number of hydrogen-bond acceptors (Lipinski definition) is 4. The number of rotatable bonds is 4. The molecule has 1 aromatic heterocycles. The van der Waals surface area contributed by atoms with Crippen molar-refractivity contribution in [3.8, 4) is 0 Å². The highest BCUT2D eigenvalue weighted by atomic mass is 15.2. The van der Waals surface area contributed by atoms with Gasteiger partial charge in [0, 0.05) is 18.3 Å². The van der Waals surface area contributed by atoms with Gasteiger partial charge >= 0.3 is 0 Å². The predicted molar refractivity (Wildman–Crippen MR) is 79.3 cm³/mol. The maximum atomic E-state index is 4.43. The van der Waals surface area contributed by atoms with E-state index >= 15 is 0 Å². The highest BCUT2D eigenvalue weighted by Gasteiger charge is 2.36. The van der Waals surface area contributed by atoms with Gasteiger partial charge in [0.05, 0.1) is 0 Å². The van der Waals surface area contributed by atoms with Crippen molar-refractivity contribution in [3.63, 3.8) is 0 Å². The number of nitrogens with one attached hydrogen (secondary N) is 1. The zero-order valence-corrected chi connectivity index (χ0v) is 12.6. The number of hydrogen-bond donors (Lipinski definition) is 1. The van der Waals surface area contributed by atoms with Crippen molar-refractivity contribution in [2.24, 2.45) is 5.92 Å². The van der Waals surface area contributed by atoms with Gasteiger partial charge < -0.3 is 10.2 Å². The molecule has 4 nitrogen and oxygen atoms in total. The van der Waals surface area contributed by atoms with Crippen LogP contribution >= 0.6 is 0 Å². The van der Waals surface area contributed by atoms with Crippen LogP contribution in [-0.4, -0.2) is 41.0 Å². The zero-order valence-electron chi connectivity index (χ0n) is 12.6. The summed E-state index contributed by atoms with van der Waals surface area (Å²) in [5.41, 5.74) is 0.260. The van der Waals surface area contributed by atoms with Crippen LogP contribution in [0.5, 0.6) is 0 Å². The van der Waals surface area contributed by atoms with Gasteiger partial charge in [-0.15, -0.1) is 0 Å². The van der Waals surface area contributed by atoms with E-state index in [-0.39, 0.29) is 5.54 Å². The Morgan fingerprint density at radius 3 is 2.89 bits per heavy atom. The fourth-order valence-electron chi connectivity index (χ4n) is 3.17. The highest BCUT2D eigenvalue weighted by Crippen LogP contribution is 2.35. The molecule has 1 N–H and O–H groups in total. The van der Waals surface area contributed by atoms with E-state index in [0.717, 1.165) is 24.1 Å². The van der Waals surface area contributed by atoms with Crippen LogP contribution in [0, 0.1) is 12.8 Å². The van der Waals surface area contributed by atoms with E-state index < -0.39 is 0 Å². The SMILES string of the molecule is Cc1nccc(NCC2(N(C)C)CCCC(C)C2)n1. The summed E-state index contributed by atoms with van der Waals surface area (Å²) in [5, 5.41) is 3.51. The standard InChI is InChI=1S/C15H26N4/c1-12-6-5-8-15(10-12,19(3)4)11-17-14-7-9-16-13(2)18-14/h7,9,12H,5-6,8,10-11H2,1-4H3,(H,16,17,18). The Morgan fingerprint density at radius 2 is 2.26 bits per heavy atom. The van der Waals surface area contributed by atoms with Crippen molar-refractivity contribution >= 4 is 5.82 Å². The van der Waals surface area contributed by atoms with Gasteiger partial charge in [0.1, 0.15) is 11.6 Å². The lowest BCUT2D eigenvalue weighted by atomic mass is 9.75. The van der Waals surface area contributed by atoms with Crippen LogP contribution in [0.2, 0.25) is 0 Å². The largest absolute Gasteiger partial charge is 0.368 e. The Hall–Kier alpha value is -1.16. The predicted octanol–water partition coefficient (Wildman–Crippen LogP) is 2.71. The summed E-state index contributed by atoms with van der Waals surface area (Å²) in [7, 11) is 4.40. The van der Waals surface area contributed by atoms with Crippen molar-refractivity contribution in [2.75, 3.05) is 26.0 Å².